The van der Waals surface area contributed by atoms with E-state index in [2.05, 4.69) is 46.6 Å². The Labute approximate surface area is 848 Å². The van der Waals surface area contributed by atoms with Crippen LogP contribution >= 0.6 is 46.4 Å². The van der Waals surface area contributed by atoms with Gasteiger partial charge in [-0.25, -0.2) is 55.7 Å². The number of aryl methyl sites for hydroxylation is 6. The summed E-state index contributed by atoms with van der Waals surface area (Å²) in [4.78, 5) is 169. The van der Waals surface area contributed by atoms with Crippen LogP contribution in [0.1, 0.15) is 96.8 Å². The number of imidazole rings is 1. The largest absolute Gasteiger partial charge is 0.494 e. The summed E-state index contributed by atoms with van der Waals surface area (Å²) in [6.45, 7) is 1.82. The minimum atomic E-state index is -3.52. The van der Waals surface area contributed by atoms with Crippen molar-refractivity contribution in [1.82, 2.24) is 74.8 Å². The fraction of sp³-hybridized carbons (Fsp3) is 0.255. The Kier molecular flexibility index (Phi) is 36.0. The van der Waals surface area contributed by atoms with Crippen LogP contribution in [0.4, 0.5) is 4.39 Å². The van der Waals surface area contributed by atoms with E-state index in [-0.39, 0.29) is 107 Å². The van der Waals surface area contributed by atoms with E-state index in [1.54, 1.807) is 145 Å². The van der Waals surface area contributed by atoms with Gasteiger partial charge in [-0.1, -0.05) is 180 Å². The van der Waals surface area contributed by atoms with Gasteiger partial charge >= 0.3 is 23.9 Å². The lowest BCUT2D eigenvalue weighted by Gasteiger charge is -2.50. The van der Waals surface area contributed by atoms with Crippen molar-refractivity contribution in [3.63, 3.8) is 0 Å². The maximum absolute atomic E-state index is 13.6. The van der Waals surface area contributed by atoms with Crippen LogP contribution in [0.2, 0.25) is 20.1 Å². The summed E-state index contributed by atoms with van der Waals surface area (Å²) >= 11 is 24.1. The van der Waals surface area contributed by atoms with E-state index in [0.29, 0.717) is 108 Å². The number of hydrogen-bond donors (Lipinski definition) is 8. The number of carbonyl (C=O) groups is 9. The zero-order chi connectivity index (χ0) is 105. The Balaban J connectivity index is 0.000000173. The number of nitrogens with one attached hydrogen (secondary N) is 4. The molecule has 2 aliphatic heterocycles. The second-order valence-electron chi connectivity index (χ2n) is 33.8. The summed E-state index contributed by atoms with van der Waals surface area (Å²) in [5.41, 5.74) is 6.41. The molecule has 5 atom stereocenters. The normalized spacial score (nSPS) is 14.2. The predicted octanol–water partition coefficient (Wildman–Crippen LogP) is 11.3. The standard InChI is InChI=1S/C32H36N4O6.C25H21Cl2N5O4.C23H22ClN3O7S.C22H19ClFN3O5/c1-35-31(39)28(26(42-2)19-33-35)22-11-8-21(9-12-22)18-25(32(40)41)34-30(38)29-23-13-15-24(16-14-23)36(29)27(37)17-10-20-6-4-3-5-7-20;1-14-28-10-11-32(14)20-13-29-31(2)24(34)21(20)16-8-6-15(7-9-16)12-19(25(35)36)30-23(33)22-17(26)4-3-5-18(22)27;1-27-22(29)20(19(34-2)12-25-27)14-6-4-13(5-7-14)10-18(23(30)31)26-21(28)16-9-8-15(11-17(16)24)35(3,32)33;1-27-21(29)19(18(32-2)11-25-27)13-5-3-12(4-6-13)9-17(22(30)31)26-20(28)15-10-14(24)7-8-16(15)23/h3-9,11-12,19,23-25,29H,10,13-18H2,1-2H3,(H,34,38)(H,40,41);3-11,13,19H,12H2,1-2H3,(H,30,33)(H,35,36);4-9,11-12,18H,10H2,1-3H3,(H,26,28)(H,30,31);3-8,10-11,17H,9H2,1-2H3,(H,26,28)(H,30,31)/t23?,24?,25-,29-;19-;18-;17-/m0000/s1. The van der Waals surface area contributed by atoms with Crippen LogP contribution in [0.25, 0.3) is 50.2 Å². The van der Waals surface area contributed by atoms with E-state index in [1.165, 1.54) is 103 Å². The Morgan fingerprint density at radius 2 is 0.841 bits per heavy atom. The molecule has 0 unspecified atom stereocenters. The third-order valence-corrected chi connectivity index (χ3v) is 26.6. The SMILES string of the molecule is COc1cnn(C)c(=O)c1-c1ccc(C[C@H](NC(=O)[C@@H]2C3CCC(CC3)N2C(=O)CCc2ccccc2)C(=O)O)cc1.COc1cnn(C)c(=O)c1-c1ccc(C[C@H](NC(=O)c2cc(F)ccc2Cl)C(=O)O)cc1.COc1cnn(C)c(=O)c1-c1ccc(C[C@H](NC(=O)c2ccc(S(C)(=O)=O)cc2Cl)C(=O)O)cc1.Cc1nccn1-c1cnn(C)c(=O)c1-c1ccc(C[C@H](NC(=O)c2c(Cl)cccc2Cl)C(=O)O)cc1. The number of aromatic nitrogens is 10. The molecule has 0 spiro atoms. The molecule has 37 nitrogen and oxygen atoms in total. The Morgan fingerprint density at radius 3 is 1.23 bits per heavy atom. The van der Waals surface area contributed by atoms with Gasteiger partial charge in [-0.3, -0.25) is 43.2 Å². The van der Waals surface area contributed by atoms with E-state index >= 15 is 0 Å². The van der Waals surface area contributed by atoms with Crippen molar-refractivity contribution >= 4 is 110 Å². The van der Waals surface area contributed by atoms with Crippen LogP contribution in [0, 0.1) is 18.7 Å². The van der Waals surface area contributed by atoms with Crippen LogP contribution < -0.4 is 57.7 Å². The number of carboxylic acids is 4. The molecule has 3 aliphatic rings. The average Bonchev–Trinajstić information content (AvgIpc) is 1.46. The molecule has 8 aromatic carbocycles. The van der Waals surface area contributed by atoms with E-state index in [1.807, 2.05) is 37.3 Å². The number of benzene rings is 8. The van der Waals surface area contributed by atoms with E-state index in [4.69, 9.17) is 60.6 Å². The molecule has 16 rings (SSSR count). The molecular weight excluding hydrogens is 1980 g/mol. The molecule has 754 valence electrons. The summed E-state index contributed by atoms with van der Waals surface area (Å²) in [5, 5.41) is 64.9. The van der Waals surface area contributed by atoms with E-state index < -0.39 is 93.4 Å². The molecule has 145 heavy (non-hydrogen) atoms. The topological polar surface area (TPSA) is 505 Å². The monoisotopic (exact) mass is 2080 g/mol. The van der Waals surface area contributed by atoms with Gasteiger partial charge in [-0.05, 0) is 144 Å². The first kappa shape index (κ1) is 108. The number of carbonyl (C=O) groups excluding carboxylic acids is 5. The fourth-order valence-corrected chi connectivity index (χ4v) is 18.3. The van der Waals surface area contributed by atoms with Crippen LogP contribution in [-0.2, 0) is 98.9 Å². The number of hydrogen-bond acceptors (Lipinski definition) is 23. The van der Waals surface area contributed by atoms with Crippen LogP contribution in [0.15, 0.2) is 243 Å². The molecule has 8 N–H and O–H groups in total. The maximum Gasteiger partial charge on any atom is 0.326 e. The Hall–Kier alpha value is -15.8. The lowest BCUT2D eigenvalue weighted by molar-refractivity contribution is -0.154. The average molecular weight is 2080 g/mol. The predicted molar refractivity (Wildman–Crippen MR) is 536 cm³/mol. The second kappa shape index (κ2) is 48.3. The van der Waals surface area contributed by atoms with Crippen molar-refractivity contribution in [2.45, 2.75) is 112 Å². The molecule has 7 heterocycles. The quantitative estimate of drug-likeness (QED) is 0.0194. The molecule has 5 aromatic heterocycles. The number of piperidine rings is 2. The van der Waals surface area contributed by atoms with Gasteiger partial charge in [0.25, 0.3) is 40.0 Å². The van der Waals surface area contributed by atoms with Crippen molar-refractivity contribution in [3.05, 3.63) is 337 Å². The number of methoxy groups -OCH3 is 3. The highest BCUT2D eigenvalue weighted by Gasteiger charge is 2.48. The van der Waals surface area contributed by atoms with Crippen molar-refractivity contribution in [2.24, 2.45) is 34.1 Å². The first-order valence-electron chi connectivity index (χ1n) is 44.7. The van der Waals surface area contributed by atoms with Gasteiger partial charge in [0, 0.05) is 85.0 Å². The van der Waals surface area contributed by atoms with Gasteiger partial charge in [0.15, 0.2) is 27.1 Å². The van der Waals surface area contributed by atoms with Crippen molar-refractivity contribution in [2.75, 3.05) is 27.6 Å². The molecule has 1 saturated carbocycles. The van der Waals surface area contributed by atoms with Gasteiger partial charge in [-0.15, -0.1) is 0 Å². The smallest absolute Gasteiger partial charge is 0.326 e. The van der Waals surface area contributed by atoms with E-state index in [0.717, 1.165) is 55.7 Å². The van der Waals surface area contributed by atoms with Gasteiger partial charge in [0.1, 0.15) is 41.9 Å². The van der Waals surface area contributed by atoms with Crippen molar-refractivity contribution in [1.29, 1.82) is 0 Å². The Morgan fingerprint density at radius 1 is 0.448 bits per heavy atom. The summed E-state index contributed by atoms with van der Waals surface area (Å²) < 4.78 is 59.1. The fourth-order valence-electron chi connectivity index (χ4n) is 16.6. The summed E-state index contributed by atoms with van der Waals surface area (Å²) in [6, 6.07) is 42.6. The number of nitrogens with zero attached hydrogens (tertiary/aromatic N) is 11. The second-order valence-corrected chi connectivity index (χ2v) is 37.4. The van der Waals surface area contributed by atoms with Crippen LogP contribution in [0.3, 0.4) is 0 Å². The number of carboxylic acid groups (broad SMARTS) is 4. The molecule has 3 fully saturated rings. The van der Waals surface area contributed by atoms with Crippen molar-refractivity contribution in [3.8, 4) is 67.4 Å². The third kappa shape index (κ3) is 26.6. The van der Waals surface area contributed by atoms with Crippen LogP contribution in [-0.4, -0.2) is 200 Å². The molecule has 43 heteroatoms. The highest BCUT2D eigenvalue weighted by molar-refractivity contribution is 7.90. The summed E-state index contributed by atoms with van der Waals surface area (Å²) in [7, 11) is 6.95. The highest BCUT2D eigenvalue weighted by atomic mass is 35.5. The number of aliphatic carboxylic acids is 4. The first-order chi connectivity index (χ1) is 69.1. The summed E-state index contributed by atoms with van der Waals surface area (Å²) in [5.74, 6) is -6.62. The Bertz CT molecular complexity index is 7410. The zero-order valence-corrected chi connectivity index (χ0v) is 83.1. The molecule has 5 amide bonds. The minimum absolute atomic E-state index is 0.00253. The number of halogens is 5. The molecule has 2 saturated heterocycles. The molecule has 2 bridgehead atoms. The van der Waals surface area contributed by atoms with Gasteiger partial charge in [0.2, 0.25) is 11.8 Å². The molecular formula is C102H98Cl4FN15O22S. The van der Waals surface area contributed by atoms with E-state index in [9.17, 15) is 95.6 Å². The van der Waals surface area contributed by atoms with Gasteiger partial charge in [0.05, 0.1) is 116 Å². The molecule has 13 aromatic rings. The van der Waals surface area contributed by atoms with Gasteiger partial charge in [-0.2, -0.15) is 20.4 Å². The number of rotatable bonds is 32. The molecule has 0 radical (unpaired) electrons. The lowest BCUT2D eigenvalue weighted by Crippen LogP contribution is -2.64. The molecule has 1 aliphatic carbocycles. The zero-order valence-electron chi connectivity index (χ0n) is 79.3. The lowest BCUT2D eigenvalue weighted by atomic mass is 9.74. The number of amides is 5. The number of sulfone groups is 1. The highest BCUT2D eigenvalue weighted by Crippen LogP contribution is 2.41. The third-order valence-electron chi connectivity index (χ3n) is 24.2. The van der Waals surface area contributed by atoms with Crippen molar-refractivity contribution < 1.29 is 90.6 Å². The maximum atomic E-state index is 13.6. The first-order valence-corrected chi connectivity index (χ1v) is 48.1. The minimum Gasteiger partial charge on any atom is -0.494 e. The van der Waals surface area contributed by atoms with Gasteiger partial charge < -0.3 is 65.4 Å². The number of fused-ring (bicyclic) bond motifs is 3. The number of ether oxygens (including phenoxy) is 3. The van der Waals surface area contributed by atoms with Crippen LogP contribution in [0.5, 0.6) is 17.2 Å². The summed E-state index contributed by atoms with van der Waals surface area (Å²) in [6.07, 6.45) is 14.6.